The Morgan fingerprint density at radius 3 is 2.75 bits per heavy atom. The molecule has 3 nitrogen and oxygen atoms in total. The average Bonchev–Trinajstić information content (AvgIpc) is 2.12. The second kappa shape index (κ2) is 2.41. The predicted molar refractivity (Wildman–Crippen MR) is 41.2 cm³/mol. The third-order valence-corrected chi connectivity index (χ3v) is 1.56. The topological polar surface area (TPSA) is 46.0 Å². The van der Waals surface area contributed by atoms with Gasteiger partial charge in [0.2, 0.25) is 0 Å². The highest BCUT2D eigenvalue weighted by Crippen LogP contribution is 2.21. The van der Waals surface area contributed by atoms with Crippen molar-refractivity contribution in [3.63, 3.8) is 0 Å². The van der Waals surface area contributed by atoms with E-state index in [1.807, 2.05) is 0 Å². The average molecular weight is 164 g/mol. The van der Waals surface area contributed by atoms with Gasteiger partial charge in [-0.3, -0.25) is 4.98 Å². The van der Waals surface area contributed by atoms with Crippen LogP contribution in [0, 0.1) is 5.82 Å². The molecule has 0 radical (unpaired) electrons. The van der Waals surface area contributed by atoms with Crippen LogP contribution in [0.25, 0.3) is 11.0 Å². The minimum atomic E-state index is -0.722. The number of benzene rings is 1. The first-order valence-corrected chi connectivity index (χ1v) is 3.37. The van der Waals surface area contributed by atoms with E-state index in [1.54, 1.807) is 0 Å². The number of nitrogens with zero attached hydrogens (tertiary/aromatic N) is 2. The van der Waals surface area contributed by atoms with Crippen molar-refractivity contribution in [3.05, 3.63) is 30.3 Å². The first-order valence-electron chi connectivity index (χ1n) is 3.37. The molecule has 0 aliphatic heterocycles. The van der Waals surface area contributed by atoms with E-state index in [0.29, 0.717) is 5.52 Å². The first-order chi connectivity index (χ1) is 5.79. The highest BCUT2D eigenvalue weighted by atomic mass is 19.1. The number of aromatic hydroxyl groups is 1. The van der Waals surface area contributed by atoms with Crippen molar-refractivity contribution in [2.24, 2.45) is 0 Å². The fourth-order valence-electron chi connectivity index (χ4n) is 0.992. The van der Waals surface area contributed by atoms with Gasteiger partial charge >= 0.3 is 0 Å². The molecule has 0 atom stereocenters. The highest BCUT2D eigenvalue weighted by Gasteiger charge is 2.06. The monoisotopic (exact) mass is 164 g/mol. The number of aromatic nitrogens is 2. The van der Waals surface area contributed by atoms with Gasteiger partial charge in [-0.25, -0.2) is 9.37 Å². The molecule has 1 aromatic carbocycles. The van der Waals surface area contributed by atoms with Crippen LogP contribution in [0.5, 0.6) is 5.75 Å². The molecule has 0 aliphatic rings. The smallest absolute Gasteiger partial charge is 0.192 e. The Morgan fingerprint density at radius 2 is 1.92 bits per heavy atom. The number of hydrogen-bond acceptors (Lipinski definition) is 3. The molecule has 60 valence electrons. The van der Waals surface area contributed by atoms with Crippen LogP contribution in [-0.2, 0) is 0 Å². The summed E-state index contributed by atoms with van der Waals surface area (Å²) in [7, 11) is 0. The van der Waals surface area contributed by atoms with Gasteiger partial charge in [-0.05, 0) is 12.1 Å². The van der Waals surface area contributed by atoms with E-state index >= 15 is 0 Å². The molecule has 12 heavy (non-hydrogen) atoms. The van der Waals surface area contributed by atoms with E-state index < -0.39 is 11.6 Å². The van der Waals surface area contributed by atoms with Gasteiger partial charge in [0.1, 0.15) is 5.52 Å². The maximum atomic E-state index is 13.0. The van der Waals surface area contributed by atoms with Crippen molar-refractivity contribution < 1.29 is 9.50 Å². The Bertz CT molecular complexity index is 430. The van der Waals surface area contributed by atoms with Gasteiger partial charge < -0.3 is 5.11 Å². The van der Waals surface area contributed by atoms with Gasteiger partial charge in [-0.2, -0.15) is 0 Å². The molecule has 0 saturated carbocycles. The minimum Gasteiger partial charge on any atom is -0.505 e. The van der Waals surface area contributed by atoms with Crippen molar-refractivity contribution in [3.8, 4) is 5.75 Å². The third-order valence-electron chi connectivity index (χ3n) is 1.56. The summed E-state index contributed by atoms with van der Waals surface area (Å²) < 4.78 is 13.0. The molecule has 2 rings (SSSR count). The number of fused-ring (bicyclic) bond motifs is 1. The lowest BCUT2D eigenvalue weighted by atomic mass is 10.3. The Kier molecular flexibility index (Phi) is 1.40. The lowest BCUT2D eigenvalue weighted by molar-refractivity contribution is 0.435. The Morgan fingerprint density at radius 1 is 1.17 bits per heavy atom. The lowest BCUT2D eigenvalue weighted by Crippen LogP contribution is -1.86. The molecule has 0 amide bonds. The minimum absolute atomic E-state index is 0.0949. The Hall–Kier alpha value is -1.71. The van der Waals surface area contributed by atoms with E-state index in [-0.39, 0.29) is 5.52 Å². The molecule has 1 aromatic heterocycles. The van der Waals surface area contributed by atoms with Crippen LogP contribution in [0.1, 0.15) is 0 Å². The van der Waals surface area contributed by atoms with Crippen LogP contribution in [0.3, 0.4) is 0 Å². The number of phenolic OH excluding ortho intramolecular Hbond substituents is 1. The number of phenols is 1. The quantitative estimate of drug-likeness (QED) is 0.641. The van der Waals surface area contributed by atoms with Crippen LogP contribution in [0.2, 0.25) is 0 Å². The number of hydrogen-bond donors (Lipinski definition) is 1. The second-order valence-corrected chi connectivity index (χ2v) is 2.32. The van der Waals surface area contributed by atoms with Crippen LogP contribution in [0.15, 0.2) is 24.5 Å². The van der Waals surface area contributed by atoms with Crippen LogP contribution < -0.4 is 0 Å². The second-order valence-electron chi connectivity index (χ2n) is 2.32. The third kappa shape index (κ3) is 0.887. The Labute approximate surface area is 67.5 Å². The normalized spacial score (nSPS) is 10.4. The largest absolute Gasteiger partial charge is 0.505 e. The molecule has 0 saturated heterocycles. The summed E-state index contributed by atoms with van der Waals surface area (Å²) in [6.07, 6.45) is 2.85. The van der Waals surface area contributed by atoms with Gasteiger partial charge in [-0.1, -0.05) is 0 Å². The van der Waals surface area contributed by atoms with Crippen LogP contribution >= 0.6 is 0 Å². The summed E-state index contributed by atoms with van der Waals surface area (Å²) in [4.78, 5) is 7.61. The standard InChI is InChI=1S/C8H5FN2O/c9-7-6(12)2-1-5-8(7)11-4-3-10-5/h1-4,12H. The molecule has 0 unspecified atom stereocenters. The van der Waals surface area contributed by atoms with Crippen molar-refractivity contribution in [2.75, 3.05) is 0 Å². The van der Waals surface area contributed by atoms with Crippen LogP contribution in [-0.4, -0.2) is 15.1 Å². The predicted octanol–water partition coefficient (Wildman–Crippen LogP) is 1.47. The fraction of sp³-hybridized carbons (Fsp3) is 0. The number of rotatable bonds is 0. The summed E-state index contributed by atoms with van der Waals surface area (Å²) in [5.41, 5.74) is 0.533. The van der Waals surface area contributed by atoms with E-state index in [9.17, 15) is 4.39 Å². The summed E-state index contributed by atoms with van der Waals surface area (Å²) in [6, 6.07) is 2.77. The molecule has 0 aliphatic carbocycles. The summed E-state index contributed by atoms with van der Waals surface area (Å²) in [5.74, 6) is -1.12. The van der Waals surface area contributed by atoms with Crippen molar-refractivity contribution >= 4 is 11.0 Å². The zero-order valence-corrected chi connectivity index (χ0v) is 6.03. The van der Waals surface area contributed by atoms with E-state index in [1.165, 1.54) is 24.5 Å². The molecule has 1 heterocycles. The zero-order valence-electron chi connectivity index (χ0n) is 6.03. The number of halogens is 1. The molecule has 0 fully saturated rings. The molecule has 1 N–H and O–H groups in total. The molecular weight excluding hydrogens is 159 g/mol. The van der Waals surface area contributed by atoms with Crippen LogP contribution in [0.4, 0.5) is 4.39 Å². The Balaban J connectivity index is 2.91. The summed E-state index contributed by atoms with van der Waals surface area (Å²) in [5, 5.41) is 8.97. The molecular formula is C8H5FN2O. The summed E-state index contributed by atoms with van der Waals surface area (Å²) in [6.45, 7) is 0. The van der Waals surface area contributed by atoms with Crippen molar-refractivity contribution in [1.29, 1.82) is 0 Å². The van der Waals surface area contributed by atoms with Gasteiger partial charge in [-0.15, -0.1) is 0 Å². The van der Waals surface area contributed by atoms with Gasteiger partial charge in [0.05, 0.1) is 5.52 Å². The molecule has 4 heteroatoms. The molecule has 0 bridgehead atoms. The van der Waals surface area contributed by atoms with Crippen molar-refractivity contribution in [2.45, 2.75) is 0 Å². The van der Waals surface area contributed by atoms with Gasteiger partial charge in [0.15, 0.2) is 11.6 Å². The SMILES string of the molecule is Oc1ccc2nccnc2c1F. The van der Waals surface area contributed by atoms with E-state index in [2.05, 4.69) is 9.97 Å². The van der Waals surface area contributed by atoms with E-state index in [4.69, 9.17) is 5.11 Å². The highest BCUT2D eigenvalue weighted by molar-refractivity contribution is 5.76. The lowest BCUT2D eigenvalue weighted by Gasteiger charge is -1.97. The molecule has 2 aromatic rings. The van der Waals surface area contributed by atoms with Gasteiger partial charge in [0.25, 0.3) is 0 Å². The zero-order chi connectivity index (χ0) is 8.55. The van der Waals surface area contributed by atoms with Crippen molar-refractivity contribution in [1.82, 2.24) is 9.97 Å². The maximum absolute atomic E-state index is 13.0. The maximum Gasteiger partial charge on any atom is 0.192 e. The summed E-state index contributed by atoms with van der Waals surface area (Å²) >= 11 is 0. The van der Waals surface area contributed by atoms with Gasteiger partial charge in [0, 0.05) is 12.4 Å². The fourth-order valence-corrected chi connectivity index (χ4v) is 0.992. The first kappa shape index (κ1) is 6.97. The van der Waals surface area contributed by atoms with E-state index in [0.717, 1.165) is 0 Å². The molecule has 0 spiro atoms.